The van der Waals surface area contributed by atoms with Gasteiger partial charge in [0.05, 0.1) is 0 Å². The highest BCUT2D eigenvalue weighted by Gasteiger charge is 2.11. The summed E-state index contributed by atoms with van der Waals surface area (Å²) in [6.07, 6.45) is 0. The summed E-state index contributed by atoms with van der Waals surface area (Å²) in [5.74, 6) is 1.09. The Balaban J connectivity index is 0.000000170. The Hall–Kier alpha value is -7.02. The highest BCUT2D eigenvalue weighted by molar-refractivity contribution is 5.87. The minimum atomic E-state index is 0.536. The van der Waals surface area contributed by atoms with Crippen LogP contribution in [-0.4, -0.2) is 0 Å². The van der Waals surface area contributed by atoms with Crippen LogP contribution in [0.5, 0.6) is 0 Å². The van der Waals surface area contributed by atoms with Crippen LogP contribution in [0.2, 0.25) is 0 Å². The average molecular weight is 773 g/mol. The molecule has 0 atom stereocenters. The molecule has 0 nitrogen and oxygen atoms in total. The van der Waals surface area contributed by atoms with Gasteiger partial charge in [-0.25, -0.2) is 0 Å². The summed E-state index contributed by atoms with van der Waals surface area (Å²) in [4.78, 5) is 0. The second-order valence-electron chi connectivity index (χ2n) is 16.2. The molecule has 0 aliphatic carbocycles. The molecule has 0 radical (unpaired) electrons. The van der Waals surface area contributed by atoms with E-state index in [0.29, 0.717) is 11.8 Å². The van der Waals surface area contributed by atoms with Gasteiger partial charge in [0, 0.05) is 0 Å². The molecule has 0 heterocycles. The third kappa shape index (κ3) is 9.47. The normalized spacial score (nSPS) is 11.0. The van der Waals surface area contributed by atoms with Crippen molar-refractivity contribution in [3.8, 4) is 77.9 Å². The molecule has 0 amide bonds. The third-order valence-corrected chi connectivity index (χ3v) is 11.4. The van der Waals surface area contributed by atoms with Crippen LogP contribution in [0, 0.1) is 0 Å². The van der Waals surface area contributed by atoms with Crippen molar-refractivity contribution in [2.24, 2.45) is 0 Å². The van der Waals surface area contributed by atoms with Crippen LogP contribution in [0.1, 0.15) is 50.7 Å². The van der Waals surface area contributed by atoms with E-state index in [1.54, 1.807) is 0 Å². The lowest BCUT2D eigenvalue weighted by atomic mass is 9.90. The highest BCUT2D eigenvalue weighted by Crippen LogP contribution is 2.37. The lowest BCUT2D eigenvalue weighted by molar-refractivity contribution is 0.867. The van der Waals surface area contributed by atoms with E-state index in [1.165, 1.54) is 89.0 Å². The van der Waals surface area contributed by atoms with Gasteiger partial charge in [0.2, 0.25) is 0 Å². The molecule has 9 aromatic rings. The van der Waals surface area contributed by atoms with Gasteiger partial charge in [-0.05, 0) is 125 Å². The molecule has 0 N–H and O–H groups in total. The monoisotopic (exact) mass is 772 g/mol. The van der Waals surface area contributed by atoms with Gasteiger partial charge >= 0.3 is 0 Å². The smallest absolute Gasteiger partial charge is 0.00992 e. The maximum absolute atomic E-state index is 2.32. The summed E-state index contributed by atoms with van der Waals surface area (Å²) >= 11 is 0. The molecule has 0 heteroatoms. The summed E-state index contributed by atoms with van der Waals surface area (Å²) in [5, 5.41) is 0. The van der Waals surface area contributed by atoms with Crippen LogP contribution >= 0.6 is 0 Å². The molecule has 9 rings (SSSR count). The van der Waals surface area contributed by atoms with Crippen LogP contribution in [0.15, 0.2) is 231 Å². The molecule has 292 valence electrons. The standard InChI is InChI=1S/C33H28.C27H24/c1-24(2)25-13-15-29(16-14-25)32-21-31(27-11-7-4-8-12-27)22-33(23-32)30-19-17-28(18-20-30)26-9-5-3-6-10-26;1-20(2)21-13-15-22(16-14-21)25-17-18-26(23-9-5-3-6-10-23)27(19-25)24-11-7-4-8-12-24/h3-24H,1-2H3;3-20H,1-2H3. The summed E-state index contributed by atoms with van der Waals surface area (Å²) in [5.41, 5.74) is 20.2. The van der Waals surface area contributed by atoms with Crippen molar-refractivity contribution in [1.29, 1.82) is 0 Å². The van der Waals surface area contributed by atoms with E-state index in [-0.39, 0.29) is 0 Å². The van der Waals surface area contributed by atoms with Gasteiger partial charge < -0.3 is 0 Å². The minimum Gasteiger partial charge on any atom is -0.0622 e. The molecule has 0 unspecified atom stereocenters. The lowest BCUT2D eigenvalue weighted by Crippen LogP contribution is -1.89. The largest absolute Gasteiger partial charge is 0.0622 e. The van der Waals surface area contributed by atoms with Gasteiger partial charge in [0.25, 0.3) is 0 Å². The second-order valence-corrected chi connectivity index (χ2v) is 16.2. The van der Waals surface area contributed by atoms with Gasteiger partial charge in [-0.2, -0.15) is 0 Å². The van der Waals surface area contributed by atoms with Crippen molar-refractivity contribution in [2.75, 3.05) is 0 Å². The topological polar surface area (TPSA) is 0 Å². The van der Waals surface area contributed by atoms with E-state index in [1.807, 2.05) is 0 Å². The van der Waals surface area contributed by atoms with Gasteiger partial charge in [0.15, 0.2) is 0 Å². The number of hydrogen-bond donors (Lipinski definition) is 0. The highest BCUT2D eigenvalue weighted by atomic mass is 14.2. The average Bonchev–Trinajstić information content (AvgIpc) is 3.32. The quantitative estimate of drug-likeness (QED) is 0.137. The molecule has 0 aliphatic rings. The fourth-order valence-electron chi connectivity index (χ4n) is 7.81. The first-order valence-corrected chi connectivity index (χ1v) is 21.2. The van der Waals surface area contributed by atoms with Crippen LogP contribution in [0.4, 0.5) is 0 Å². The Kier molecular flexibility index (Phi) is 12.4. The second kappa shape index (κ2) is 18.7. The minimum absolute atomic E-state index is 0.536. The zero-order valence-electron chi connectivity index (χ0n) is 35.1. The fourth-order valence-corrected chi connectivity index (χ4v) is 7.81. The Morgan fingerprint density at radius 3 is 0.850 bits per heavy atom. The van der Waals surface area contributed by atoms with Gasteiger partial charge in [-0.1, -0.05) is 234 Å². The molecular formula is C60H52. The van der Waals surface area contributed by atoms with E-state index < -0.39 is 0 Å². The van der Waals surface area contributed by atoms with E-state index in [4.69, 9.17) is 0 Å². The molecule has 0 aromatic heterocycles. The molecule has 9 aromatic carbocycles. The molecular weight excluding hydrogens is 721 g/mol. The van der Waals surface area contributed by atoms with Crippen molar-refractivity contribution in [3.63, 3.8) is 0 Å². The maximum Gasteiger partial charge on any atom is -0.00992 e. The van der Waals surface area contributed by atoms with Crippen molar-refractivity contribution < 1.29 is 0 Å². The van der Waals surface area contributed by atoms with E-state index in [9.17, 15) is 0 Å². The Labute approximate surface area is 357 Å². The fraction of sp³-hybridized carbons (Fsp3) is 0.100. The van der Waals surface area contributed by atoms with E-state index in [2.05, 4.69) is 258 Å². The molecule has 0 aliphatic heterocycles. The molecule has 0 saturated heterocycles. The predicted octanol–water partition coefficient (Wildman–Crippen LogP) is 17.3. The molecule has 0 spiro atoms. The van der Waals surface area contributed by atoms with Crippen LogP contribution in [0.3, 0.4) is 0 Å². The van der Waals surface area contributed by atoms with Crippen molar-refractivity contribution >= 4 is 0 Å². The van der Waals surface area contributed by atoms with Crippen LogP contribution in [-0.2, 0) is 0 Å². The Morgan fingerprint density at radius 1 is 0.200 bits per heavy atom. The first-order valence-electron chi connectivity index (χ1n) is 21.2. The molecule has 0 fully saturated rings. The lowest BCUT2D eigenvalue weighted by Gasteiger charge is -2.14. The number of hydrogen-bond acceptors (Lipinski definition) is 0. The van der Waals surface area contributed by atoms with Crippen molar-refractivity contribution in [2.45, 2.75) is 39.5 Å². The van der Waals surface area contributed by atoms with Gasteiger partial charge in [0.1, 0.15) is 0 Å². The SMILES string of the molecule is CC(C)c1ccc(-c2cc(-c3ccccc3)cc(-c3ccc(-c4ccccc4)cc3)c2)cc1.CC(C)c1ccc(-c2ccc(-c3ccccc3)c(-c3ccccc3)c2)cc1. The molecule has 60 heavy (non-hydrogen) atoms. The Morgan fingerprint density at radius 2 is 0.467 bits per heavy atom. The number of benzene rings is 9. The molecule has 0 saturated carbocycles. The van der Waals surface area contributed by atoms with Crippen molar-refractivity contribution in [3.05, 3.63) is 242 Å². The molecule has 0 bridgehead atoms. The summed E-state index contributed by atoms with van der Waals surface area (Å²) in [6, 6.07) is 83.1. The van der Waals surface area contributed by atoms with E-state index in [0.717, 1.165) is 0 Å². The third-order valence-electron chi connectivity index (χ3n) is 11.4. The zero-order chi connectivity index (χ0) is 41.3. The van der Waals surface area contributed by atoms with E-state index >= 15 is 0 Å². The zero-order valence-corrected chi connectivity index (χ0v) is 35.1. The van der Waals surface area contributed by atoms with Gasteiger partial charge in [-0.15, -0.1) is 0 Å². The Bertz CT molecular complexity index is 2730. The summed E-state index contributed by atoms with van der Waals surface area (Å²) in [7, 11) is 0. The summed E-state index contributed by atoms with van der Waals surface area (Å²) in [6.45, 7) is 8.94. The van der Waals surface area contributed by atoms with Crippen molar-refractivity contribution in [1.82, 2.24) is 0 Å². The first kappa shape index (κ1) is 39.8. The first-order chi connectivity index (χ1) is 29.4. The maximum atomic E-state index is 2.32. The number of rotatable bonds is 9. The predicted molar refractivity (Wildman–Crippen MR) is 259 cm³/mol. The van der Waals surface area contributed by atoms with Gasteiger partial charge in [-0.3, -0.25) is 0 Å². The van der Waals surface area contributed by atoms with Crippen LogP contribution in [0.25, 0.3) is 77.9 Å². The summed E-state index contributed by atoms with van der Waals surface area (Å²) < 4.78 is 0. The van der Waals surface area contributed by atoms with Crippen LogP contribution < -0.4 is 0 Å².